The number of hydrogen-bond donors (Lipinski definition) is 1. The van der Waals surface area contributed by atoms with Crippen molar-refractivity contribution in [3.8, 4) is 0 Å². The van der Waals surface area contributed by atoms with Crippen LogP contribution in [0, 0.1) is 5.92 Å². The highest BCUT2D eigenvalue weighted by Crippen LogP contribution is 2.33. The molecule has 1 fully saturated rings. The van der Waals surface area contributed by atoms with Gasteiger partial charge in [0.25, 0.3) is 0 Å². The van der Waals surface area contributed by atoms with Crippen LogP contribution in [0.4, 0.5) is 0 Å². The zero-order valence-corrected chi connectivity index (χ0v) is 10.6. The lowest BCUT2D eigenvalue weighted by atomic mass is 10.1. The van der Waals surface area contributed by atoms with Crippen LogP contribution in [0.5, 0.6) is 0 Å². The maximum absolute atomic E-state index is 6.04. The van der Waals surface area contributed by atoms with Crippen molar-refractivity contribution in [2.45, 2.75) is 38.1 Å². The number of rotatable bonds is 5. The minimum absolute atomic E-state index is 0.471. The summed E-state index contributed by atoms with van der Waals surface area (Å²) in [6.45, 7) is 0. The second-order valence-electron chi connectivity index (χ2n) is 4.10. The summed E-state index contributed by atoms with van der Waals surface area (Å²) < 4.78 is 1.24. The van der Waals surface area contributed by atoms with E-state index in [2.05, 4.69) is 28.1 Å². The van der Waals surface area contributed by atoms with E-state index >= 15 is 0 Å². The topological polar surface area (TPSA) is 26.0 Å². The first-order valence-corrected chi connectivity index (χ1v) is 6.86. The fraction of sp³-hybridized carbons (Fsp3) is 0.636. The molecular formula is C11H16BrNS. The lowest BCUT2D eigenvalue weighted by Gasteiger charge is -2.08. The molecule has 0 aliphatic heterocycles. The average molecular weight is 274 g/mol. The van der Waals surface area contributed by atoms with Crippen LogP contribution < -0.4 is 5.73 Å². The van der Waals surface area contributed by atoms with Crippen LogP contribution in [0.25, 0.3) is 0 Å². The van der Waals surface area contributed by atoms with Crippen molar-refractivity contribution in [3.05, 3.63) is 20.8 Å². The maximum atomic E-state index is 6.04. The maximum Gasteiger partial charge on any atom is 0.0701 e. The molecule has 3 heteroatoms. The highest BCUT2D eigenvalue weighted by molar-refractivity contribution is 9.11. The quantitative estimate of drug-likeness (QED) is 0.872. The van der Waals surface area contributed by atoms with Crippen LogP contribution in [0.15, 0.2) is 15.9 Å². The van der Waals surface area contributed by atoms with Crippen LogP contribution in [0.1, 0.15) is 30.6 Å². The molecule has 0 bridgehead atoms. The zero-order valence-electron chi connectivity index (χ0n) is 8.21. The second kappa shape index (κ2) is 4.77. The predicted molar refractivity (Wildman–Crippen MR) is 65.7 cm³/mol. The van der Waals surface area contributed by atoms with Gasteiger partial charge in [-0.15, -0.1) is 11.3 Å². The van der Waals surface area contributed by atoms with Crippen molar-refractivity contribution >= 4 is 27.3 Å². The van der Waals surface area contributed by atoms with Gasteiger partial charge in [0, 0.05) is 10.9 Å². The molecule has 1 aliphatic rings. The van der Waals surface area contributed by atoms with Crippen molar-refractivity contribution in [1.29, 1.82) is 0 Å². The molecule has 1 aromatic heterocycles. The van der Waals surface area contributed by atoms with Gasteiger partial charge in [-0.3, -0.25) is 0 Å². The predicted octanol–water partition coefficient (Wildman–Crippen LogP) is 3.57. The first-order chi connectivity index (χ1) is 6.75. The van der Waals surface area contributed by atoms with Crippen molar-refractivity contribution in [1.82, 2.24) is 0 Å². The van der Waals surface area contributed by atoms with Crippen LogP contribution >= 0.6 is 27.3 Å². The molecule has 1 saturated carbocycles. The molecule has 1 aliphatic carbocycles. The van der Waals surface area contributed by atoms with E-state index in [0.717, 1.165) is 5.92 Å². The minimum Gasteiger partial charge on any atom is -0.327 e. The van der Waals surface area contributed by atoms with Gasteiger partial charge in [-0.2, -0.15) is 0 Å². The molecular weight excluding hydrogens is 258 g/mol. The molecule has 2 N–H and O–H groups in total. The first kappa shape index (κ1) is 10.7. The van der Waals surface area contributed by atoms with Gasteiger partial charge in [-0.05, 0) is 66.1 Å². The SMILES string of the molecule is NC(CCCc1ccc(Br)s1)C1CC1. The van der Waals surface area contributed by atoms with Crippen LogP contribution in [0.2, 0.25) is 0 Å². The van der Waals surface area contributed by atoms with E-state index in [1.807, 2.05) is 11.3 Å². The fourth-order valence-corrected chi connectivity index (χ4v) is 3.28. The lowest BCUT2D eigenvalue weighted by molar-refractivity contribution is 0.530. The molecule has 0 amide bonds. The summed E-state index contributed by atoms with van der Waals surface area (Å²) in [5.74, 6) is 0.852. The number of thiophene rings is 1. The van der Waals surface area contributed by atoms with E-state index in [-0.39, 0.29) is 0 Å². The third kappa shape index (κ3) is 3.07. The van der Waals surface area contributed by atoms with E-state index in [1.54, 1.807) is 0 Å². The largest absolute Gasteiger partial charge is 0.327 e. The standard InChI is InChI=1S/C11H16BrNS/c12-11-7-6-9(14-11)2-1-3-10(13)8-4-5-8/h6-8,10H,1-5,13H2. The third-order valence-electron chi connectivity index (χ3n) is 2.82. The Labute approximate surface area is 97.8 Å². The van der Waals surface area contributed by atoms with Crippen molar-refractivity contribution in [3.63, 3.8) is 0 Å². The Hall–Kier alpha value is 0.140. The Morgan fingerprint density at radius 1 is 1.50 bits per heavy atom. The number of hydrogen-bond acceptors (Lipinski definition) is 2. The van der Waals surface area contributed by atoms with Gasteiger partial charge in [0.15, 0.2) is 0 Å². The summed E-state index contributed by atoms with van der Waals surface area (Å²) in [6.07, 6.45) is 6.36. The van der Waals surface area contributed by atoms with E-state index in [1.165, 1.54) is 40.8 Å². The summed E-state index contributed by atoms with van der Waals surface area (Å²) in [5, 5.41) is 0. The summed E-state index contributed by atoms with van der Waals surface area (Å²) >= 11 is 5.32. The van der Waals surface area contributed by atoms with Gasteiger partial charge in [0.05, 0.1) is 3.79 Å². The average Bonchev–Trinajstić information content (AvgIpc) is 2.92. The molecule has 0 spiro atoms. The Morgan fingerprint density at radius 3 is 2.86 bits per heavy atom. The molecule has 2 rings (SSSR count). The van der Waals surface area contributed by atoms with Crippen LogP contribution in [0.3, 0.4) is 0 Å². The molecule has 1 nitrogen and oxygen atoms in total. The molecule has 1 aromatic rings. The van der Waals surface area contributed by atoms with Gasteiger partial charge in [0.1, 0.15) is 0 Å². The number of aryl methyl sites for hydroxylation is 1. The summed E-state index contributed by atoms with van der Waals surface area (Å²) in [6, 6.07) is 4.80. The molecule has 0 saturated heterocycles. The van der Waals surface area contributed by atoms with Gasteiger partial charge in [-0.25, -0.2) is 0 Å². The van der Waals surface area contributed by atoms with Crippen molar-refractivity contribution in [2.75, 3.05) is 0 Å². The van der Waals surface area contributed by atoms with Crippen molar-refractivity contribution < 1.29 is 0 Å². The Bertz CT molecular complexity index is 293. The van der Waals surface area contributed by atoms with E-state index in [4.69, 9.17) is 5.73 Å². The first-order valence-electron chi connectivity index (χ1n) is 5.25. The van der Waals surface area contributed by atoms with E-state index in [0.29, 0.717) is 6.04 Å². The smallest absolute Gasteiger partial charge is 0.0701 e. The molecule has 1 heterocycles. The van der Waals surface area contributed by atoms with Gasteiger partial charge < -0.3 is 5.73 Å². The van der Waals surface area contributed by atoms with Crippen molar-refractivity contribution in [2.24, 2.45) is 11.7 Å². The number of nitrogens with two attached hydrogens (primary N) is 1. The summed E-state index contributed by atoms with van der Waals surface area (Å²) in [7, 11) is 0. The van der Waals surface area contributed by atoms with Crippen LogP contribution in [-0.4, -0.2) is 6.04 Å². The molecule has 1 atom stereocenters. The van der Waals surface area contributed by atoms with Gasteiger partial charge in [-0.1, -0.05) is 0 Å². The summed E-state index contributed by atoms with van der Waals surface area (Å²) in [4.78, 5) is 1.47. The molecule has 1 unspecified atom stereocenters. The molecule has 78 valence electrons. The van der Waals surface area contributed by atoms with E-state index < -0.39 is 0 Å². The normalized spacial score (nSPS) is 18.4. The molecule has 0 radical (unpaired) electrons. The fourth-order valence-electron chi connectivity index (χ4n) is 1.76. The highest BCUT2D eigenvalue weighted by atomic mass is 79.9. The van der Waals surface area contributed by atoms with Gasteiger partial charge in [0.2, 0.25) is 0 Å². The number of halogens is 1. The van der Waals surface area contributed by atoms with Crippen LogP contribution in [-0.2, 0) is 6.42 Å². The Balaban J connectivity index is 1.67. The second-order valence-corrected chi connectivity index (χ2v) is 6.65. The Kier molecular flexibility index (Phi) is 3.63. The lowest BCUT2D eigenvalue weighted by Crippen LogP contribution is -2.22. The van der Waals surface area contributed by atoms with E-state index in [9.17, 15) is 0 Å². The monoisotopic (exact) mass is 273 g/mol. The highest BCUT2D eigenvalue weighted by Gasteiger charge is 2.27. The zero-order chi connectivity index (χ0) is 9.97. The molecule has 14 heavy (non-hydrogen) atoms. The molecule has 0 aromatic carbocycles. The summed E-state index contributed by atoms with van der Waals surface area (Å²) in [5.41, 5.74) is 6.04. The Morgan fingerprint density at radius 2 is 2.29 bits per heavy atom. The third-order valence-corrected chi connectivity index (χ3v) is 4.50. The van der Waals surface area contributed by atoms with Gasteiger partial charge >= 0.3 is 0 Å². The minimum atomic E-state index is 0.471.